The summed E-state index contributed by atoms with van der Waals surface area (Å²) in [6, 6.07) is 13.4. The van der Waals surface area contributed by atoms with E-state index in [9.17, 15) is 18.0 Å². The van der Waals surface area contributed by atoms with Crippen molar-refractivity contribution in [3.05, 3.63) is 59.7 Å². The third kappa shape index (κ3) is 5.69. The molecule has 2 aliphatic rings. The Balaban J connectivity index is 1.36. The fraction of sp³-hybridized carbons (Fsp3) is 0.481. The van der Waals surface area contributed by atoms with Crippen LogP contribution < -0.4 is 4.31 Å². The van der Waals surface area contributed by atoms with Crippen molar-refractivity contribution in [3.63, 3.8) is 0 Å². The van der Waals surface area contributed by atoms with Crippen LogP contribution in [0.3, 0.4) is 0 Å². The maximum atomic E-state index is 13.1. The fourth-order valence-corrected chi connectivity index (χ4v) is 6.08. The number of anilines is 1. The van der Waals surface area contributed by atoms with Gasteiger partial charge in [0, 0.05) is 44.7 Å². The largest absolute Gasteiger partial charge is 0.342 e. The lowest BCUT2D eigenvalue weighted by molar-refractivity contribution is -0.136. The summed E-state index contributed by atoms with van der Waals surface area (Å²) in [4.78, 5) is 30.0. The highest BCUT2D eigenvalue weighted by Gasteiger charge is 2.31. The van der Waals surface area contributed by atoms with Crippen LogP contribution in [0.2, 0.25) is 0 Å². The van der Waals surface area contributed by atoms with Gasteiger partial charge in [0.15, 0.2) is 0 Å². The molecule has 0 unspecified atom stereocenters. The van der Waals surface area contributed by atoms with Crippen molar-refractivity contribution in [2.75, 3.05) is 37.5 Å². The smallest absolute Gasteiger partial charge is 0.264 e. The predicted octanol–water partition coefficient (Wildman–Crippen LogP) is 4.07. The van der Waals surface area contributed by atoms with Crippen LogP contribution in [0.25, 0.3) is 0 Å². The summed E-state index contributed by atoms with van der Waals surface area (Å²) < 4.78 is 27.1. The summed E-state index contributed by atoms with van der Waals surface area (Å²) >= 11 is 0. The van der Waals surface area contributed by atoms with Gasteiger partial charge >= 0.3 is 0 Å². The van der Waals surface area contributed by atoms with E-state index < -0.39 is 10.0 Å². The second-order valence-electron chi connectivity index (χ2n) is 9.64. The number of nitrogens with zero attached hydrogens (tertiary/aromatic N) is 3. The summed E-state index contributed by atoms with van der Waals surface area (Å²) in [6.45, 7) is 4.75. The van der Waals surface area contributed by atoms with Crippen LogP contribution in [0.1, 0.15) is 54.4 Å². The zero-order chi connectivity index (χ0) is 25.0. The molecule has 0 spiro atoms. The number of carbonyl (C=O) groups excluding carboxylic acids is 2. The normalized spacial score (nSPS) is 17.7. The van der Waals surface area contributed by atoms with E-state index in [0.29, 0.717) is 37.2 Å². The van der Waals surface area contributed by atoms with Crippen LogP contribution in [0.15, 0.2) is 53.4 Å². The van der Waals surface area contributed by atoms with Crippen molar-refractivity contribution in [2.24, 2.45) is 5.92 Å². The fourth-order valence-electron chi connectivity index (χ4n) is 4.88. The molecule has 0 atom stereocenters. The maximum Gasteiger partial charge on any atom is 0.264 e. The number of aryl methyl sites for hydroxylation is 1. The Kier molecular flexibility index (Phi) is 7.79. The Morgan fingerprint density at radius 3 is 1.94 bits per heavy atom. The average Bonchev–Trinajstić information content (AvgIpc) is 3.17. The lowest BCUT2D eigenvalue weighted by atomic mass is 9.94. The first-order chi connectivity index (χ1) is 16.8. The molecular weight excluding hydrogens is 462 g/mol. The van der Waals surface area contributed by atoms with Crippen molar-refractivity contribution < 1.29 is 18.0 Å². The second-order valence-corrected chi connectivity index (χ2v) is 11.6. The number of hydrogen-bond donors (Lipinski definition) is 0. The highest BCUT2D eigenvalue weighted by atomic mass is 32.2. The van der Waals surface area contributed by atoms with Crippen LogP contribution in [-0.4, -0.2) is 63.3 Å². The maximum absolute atomic E-state index is 13.1. The van der Waals surface area contributed by atoms with E-state index in [4.69, 9.17) is 0 Å². The first kappa shape index (κ1) is 25.2. The molecule has 0 saturated carbocycles. The quantitative estimate of drug-likeness (QED) is 0.624. The standard InChI is InChI=1S/C27H35N3O4S/c1-21-7-13-25(14-8-21)35(33,34)28(2)24-11-9-22(10-12-24)26(31)30-19-15-23(16-20-30)27(32)29-17-5-3-4-6-18-29/h7-14,23H,3-6,15-20H2,1-2H3. The molecule has 7 nitrogen and oxygen atoms in total. The Morgan fingerprint density at radius 2 is 1.37 bits per heavy atom. The average molecular weight is 498 g/mol. The van der Waals surface area contributed by atoms with Crippen LogP contribution in [-0.2, 0) is 14.8 Å². The summed E-state index contributed by atoms with van der Waals surface area (Å²) in [7, 11) is -2.17. The van der Waals surface area contributed by atoms with E-state index in [1.54, 1.807) is 53.4 Å². The van der Waals surface area contributed by atoms with Gasteiger partial charge in [0.25, 0.3) is 15.9 Å². The summed E-state index contributed by atoms with van der Waals surface area (Å²) in [5.74, 6) is 0.169. The van der Waals surface area contributed by atoms with E-state index in [1.165, 1.54) is 24.2 Å². The van der Waals surface area contributed by atoms with Gasteiger partial charge in [-0.15, -0.1) is 0 Å². The van der Waals surface area contributed by atoms with Crippen LogP contribution >= 0.6 is 0 Å². The molecule has 0 N–H and O–H groups in total. The van der Waals surface area contributed by atoms with Gasteiger partial charge in [-0.3, -0.25) is 13.9 Å². The predicted molar refractivity (Wildman–Crippen MR) is 137 cm³/mol. The molecule has 0 aliphatic carbocycles. The van der Waals surface area contributed by atoms with Crippen molar-refractivity contribution in [1.29, 1.82) is 0 Å². The van der Waals surface area contributed by atoms with E-state index in [-0.39, 0.29) is 22.6 Å². The van der Waals surface area contributed by atoms with Gasteiger partial charge in [-0.1, -0.05) is 30.5 Å². The first-order valence-corrected chi connectivity index (χ1v) is 13.9. The molecule has 2 fully saturated rings. The molecule has 8 heteroatoms. The number of piperidine rings is 1. The van der Waals surface area contributed by atoms with E-state index in [0.717, 1.165) is 31.5 Å². The molecule has 2 aromatic rings. The summed E-state index contributed by atoms with van der Waals surface area (Å²) in [5, 5.41) is 0. The van der Waals surface area contributed by atoms with Gasteiger partial charge in [-0.25, -0.2) is 8.42 Å². The summed E-state index contributed by atoms with van der Waals surface area (Å²) in [5.41, 5.74) is 2.00. The van der Waals surface area contributed by atoms with E-state index in [1.807, 2.05) is 11.8 Å². The van der Waals surface area contributed by atoms with Crippen molar-refractivity contribution in [1.82, 2.24) is 9.80 Å². The zero-order valence-corrected chi connectivity index (χ0v) is 21.5. The van der Waals surface area contributed by atoms with Gasteiger partial charge in [0.2, 0.25) is 5.91 Å². The Bertz CT molecular complexity index is 1130. The van der Waals surface area contributed by atoms with Crippen molar-refractivity contribution in [2.45, 2.75) is 50.3 Å². The topological polar surface area (TPSA) is 78.0 Å². The van der Waals surface area contributed by atoms with Crippen LogP contribution in [0.5, 0.6) is 0 Å². The lowest BCUT2D eigenvalue weighted by Crippen LogP contribution is -2.44. The van der Waals surface area contributed by atoms with Crippen LogP contribution in [0.4, 0.5) is 5.69 Å². The number of hydrogen-bond acceptors (Lipinski definition) is 4. The molecule has 4 rings (SSSR count). The molecule has 0 aromatic heterocycles. The third-order valence-corrected chi connectivity index (χ3v) is 9.01. The molecule has 2 saturated heterocycles. The molecule has 2 amide bonds. The van der Waals surface area contributed by atoms with Gasteiger partial charge in [0.05, 0.1) is 10.6 Å². The van der Waals surface area contributed by atoms with Crippen molar-refractivity contribution >= 4 is 27.5 Å². The molecule has 35 heavy (non-hydrogen) atoms. The SMILES string of the molecule is Cc1ccc(S(=O)(=O)N(C)c2ccc(C(=O)N3CCC(C(=O)N4CCCCCC4)CC3)cc2)cc1. The third-order valence-electron chi connectivity index (χ3n) is 7.21. The highest BCUT2D eigenvalue weighted by molar-refractivity contribution is 7.92. The zero-order valence-electron chi connectivity index (χ0n) is 20.7. The summed E-state index contributed by atoms with van der Waals surface area (Å²) in [6.07, 6.45) is 5.95. The second kappa shape index (κ2) is 10.8. The number of likely N-dealkylation sites (tertiary alicyclic amines) is 2. The van der Waals surface area contributed by atoms with E-state index in [2.05, 4.69) is 0 Å². The van der Waals surface area contributed by atoms with Gasteiger partial charge in [0.1, 0.15) is 0 Å². The Morgan fingerprint density at radius 1 is 0.800 bits per heavy atom. The van der Waals surface area contributed by atoms with Gasteiger partial charge < -0.3 is 9.80 Å². The molecule has 2 heterocycles. The number of sulfonamides is 1. The lowest BCUT2D eigenvalue weighted by Gasteiger charge is -2.34. The number of amides is 2. The minimum atomic E-state index is -3.69. The minimum Gasteiger partial charge on any atom is -0.342 e. The number of carbonyl (C=O) groups is 2. The van der Waals surface area contributed by atoms with Gasteiger partial charge in [-0.05, 0) is 69.0 Å². The van der Waals surface area contributed by atoms with Gasteiger partial charge in [-0.2, -0.15) is 0 Å². The molecule has 2 aromatic carbocycles. The van der Waals surface area contributed by atoms with Crippen LogP contribution in [0, 0.1) is 12.8 Å². The van der Waals surface area contributed by atoms with E-state index >= 15 is 0 Å². The minimum absolute atomic E-state index is 0.000145. The molecule has 0 bridgehead atoms. The molecule has 188 valence electrons. The molecule has 0 radical (unpaired) electrons. The Hall–Kier alpha value is -2.87. The molecular formula is C27H35N3O4S. The first-order valence-electron chi connectivity index (χ1n) is 12.5. The highest BCUT2D eigenvalue weighted by Crippen LogP contribution is 2.25. The number of benzene rings is 2. The molecule has 2 aliphatic heterocycles. The Labute approximate surface area is 208 Å². The monoisotopic (exact) mass is 497 g/mol. The number of rotatable bonds is 5. The van der Waals surface area contributed by atoms with Crippen molar-refractivity contribution in [3.8, 4) is 0 Å².